The Bertz CT molecular complexity index is 319. The monoisotopic (exact) mass is 274 g/mol. The lowest BCUT2D eigenvalue weighted by molar-refractivity contribution is -0.143. The van der Waals surface area contributed by atoms with Crippen molar-refractivity contribution in [1.82, 2.24) is 10.2 Å². The summed E-state index contributed by atoms with van der Waals surface area (Å²) >= 11 is 0. The van der Waals surface area contributed by atoms with E-state index < -0.39 is 17.9 Å². The van der Waals surface area contributed by atoms with Gasteiger partial charge in [-0.2, -0.15) is 0 Å². The van der Waals surface area contributed by atoms with Gasteiger partial charge in [-0.25, -0.2) is 4.79 Å². The van der Waals surface area contributed by atoms with E-state index in [2.05, 4.69) is 10.1 Å². The number of rotatable bonds is 9. The molecule has 0 radical (unpaired) electrons. The highest BCUT2D eigenvalue weighted by molar-refractivity contribution is 5.88. The molecule has 0 spiro atoms. The smallest absolute Gasteiger partial charge is 0.326 e. The zero-order valence-electron chi connectivity index (χ0n) is 11.6. The zero-order valence-corrected chi connectivity index (χ0v) is 11.6. The molecule has 1 unspecified atom stereocenters. The quantitative estimate of drug-likeness (QED) is 0.609. The van der Waals surface area contributed by atoms with E-state index in [4.69, 9.17) is 5.11 Å². The molecule has 7 nitrogen and oxygen atoms in total. The molecule has 0 saturated carbocycles. The number of carboxylic acid groups (broad SMARTS) is 1. The van der Waals surface area contributed by atoms with E-state index in [1.807, 2.05) is 6.92 Å². The SMILES string of the molecule is CCCCC(NC(=O)CN(C)C(=O)COC)C(=O)O. The number of nitrogens with zero attached hydrogens (tertiary/aromatic N) is 1. The molecule has 0 saturated heterocycles. The Labute approximate surface area is 112 Å². The van der Waals surface area contributed by atoms with Gasteiger partial charge in [-0.05, 0) is 6.42 Å². The summed E-state index contributed by atoms with van der Waals surface area (Å²) in [5.41, 5.74) is 0. The van der Waals surface area contributed by atoms with Crippen LogP contribution < -0.4 is 5.32 Å². The predicted octanol–water partition coefficient (Wildman–Crippen LogP) is -0.149. The molecule has 0 aliphatic heterocycles. The number of nitrogens with one attached hydrogen (secondary N) is 1. The molecule has 0 aromatic carbocycles. The number of carbonyl (C=O) groups excluding carboxylic acids is 2. The third-order valence-corrected chi connectivity index (χ3v) is 2.55. The van der Waals surface area contributed by atoms with Crippen molar-refractivity contribution in [3.05, 3.63) is 0 Å². The minimum atomic E-state index is -1.06. The van der Waals surface area contributed by atoms with Crippen molar-refractivity contribution in [1.29, 1.82) is 0 Å². The molecule has 0 fully saturated rings. The summed E-state index contributed by atoms with van der Waals surface area (Å²) in [6, 6.07) is -0.904. The number of likely N-dealkylation sites (N-methyl/N-ethyl adjacent to an activating group) is 1. The topological polar surface area (TPSA) is 95.9 Å². The number of amides is 2. The highest BCUT2D eigenvalue weighted by Crippen LogP contribution is 2.01. The minimum absolute atomic E-state index is 0.109. The molecule has 2 N–H and O–H groups in total. The molecule has 0 aromatic heterocycles. The van der Waals surface area contributed by atoms with Crippen LogP contribution in [0.2, 0.25) is 0 Å². The first-order valence-electron chi connectivity index (χ1n) is 6.17. The van der Waals surface area contributed by atoms with Gasteiger partial charge in [0.05, 0.1) is 6.54 Å². The summed E-state index contributed by atoms with van der Waals surface area (Å²) in [5, 5.41) is 11.4. The molecule has 0 aromatic rings. The number of unbranched alkanes of at least 4 members (excludes halogenated alkanes) is 1. The number of aliphatic carboxylic acids is 1. The van der Waals surface area contributed by atoms with Crippen molar-refractivity contribution in [3.63, 3.8) is 0 Å². The van der Waals surface area contributed by atoms with Gasteiger partial charge in [-0.3, -0.25) is 9.59 Å². The van der Waals surface area contributed by atoms with E-state index in [0.29, 0.717) is 6.42 Å². The lowest BCUT2D eigenvalue weighted by atomic mass is 10.1. The minimum Gasteiger partial charge on any atom is -0.480 e. The maximum atomic E-state index is 11.6. The van der Waals surface area contributed by atoms with Gasteiger partial charge in [-0.1, -0.05) is 19.8 Å². The fourth-order valence-corrected chi connectivity index (χ4v) is 1.44. The normalized spacial score (nSPS) is 11.7. The van der Waals surface area contributed by atoms with Gasteiger partial charge in [0.15, 0.2) is 0 Å². The van der Waals surface area contributed by atoms with E-state index >= 15 is 0 Å². The molecule has 0 aliphatic rings. The Kier molecular flexibility index (Phi) is 8.52. The lowest BCUT2D eigenvalue weighted by Gasteiger charge is -2.19. The van der Waals surface area contributed by atoms with Crippen LogP contribution in [-0.4, -0.2) is 61.1 Å². The molecule has 7 heteroatoms. The first-order chi connectivity index (χ1) is 8.92. The highest BCUT2D eigenvalue weighted by Gasteiger charge is 2.20. The second-order valence-corrected chi connectivity index (χ2v) is 4.28. The van der Waals surface area contributed by atoms with Gasteiger partial charge in [0, 0.05) is 14.2 Å². The van der Waals surface area contributed by atoms with Crippen LogP contribution in [0.1, 0.15) is 26.2 Å². The Balaban J connectivity index is 4.25. The molecule has 0 bridgehead atoms. The average Bonchev–Trinajstić information content (AvgIpc) is 2.34. The number of hydrogen-bond donors (Lipinski definition) is 2. The third kappa shape index (κ3) is 7.40. The third-order valence-electron chi connectivity index (χ3n) is 2.55. The molecule has 0 rings (SSSR count). The van der Waals surface area contributed by atoms with Crippen LogP contribution in [0.5, 0.6) is 0 Å². The van der Waals surface area contributed by atoms with Crippen LogP contribution in [0.15, 0.2) is 0 Å². The van der Waals surface area contributed by atoms with E-state index in [9.17, 15) is 14.4 Å². The van der Waals surface area contributed by atoms with Crippen molar-refractivity contribution >= 4 is 17.8 Å². The Morgan fingerprint density at radius 2 is 2.00 bits per heavy atom. The number of carbonyl (C=O) groups is 3. The molecule has 2 amide bonds. The molecule has 0 aliphatic carbocycles. The fraction of sp³-hybridized carbons (Fsp3) is 0.750. The van der Waals surface area contributed by atoms with Gasteiger partial charge < -0.3 is 20.1 Å². The van der Waals surface area contributed by atoms with E-state index in [1.54, 1.807) is 0 Å². The van der Waals surface area contributed by atoms with Gasteiger partial charge in [0.1, 0.15) is 12.6 Å². The summed E-state index contributed by atoms with van der Waals surface area (Å²) < 4.78 is 4.66. The largest absolute Gasteiger partial charge is 0.480 e. The number of ether oxygens (including phenoxy) is 1. The van der Waals surface area contributed by atoms with Gasteiger partial charge in [-0.15, -0.1) is 0 Å². The molecule has 1 atom stereocenters. The second-order valence-electron chi connectivity index (χ2n) is 4.28. The molecule has 19 heavy (non-hydrogen) atoms. The van der Waals surface area contributed by atoms with Crippen molar-refractivity contribution < 1.29 is 24.2 Å². The van der Waals surface area contributed by atoms with Crippen LogP contribution in [0.3, 0.4) is 0 Å². The van der Waals surface area contributed by atoms with Crippen molar-refractivity contribution in [2.24, 2.45) is 0 Å². The first kappa shape index (κ1) is 17.4. The van der Waals surface area contributed by atoms with Crippen molar-refractivity contribution in [3.8, 4) is 0 Å². The van der Waals surface area contributed by atoms with Crippen molar-refractivity contribution in [2.75, 3.05) is 27.3 Å². The number of hydrogen-bond acceptors (Lipinski definition) is 4. The maximum absolute atomic E-state index is 11.6. The molecular weight excluding hydrogens is 252 g/mol. The molecule has 110 valence electrons. The summed E-state index contributed by atoms with van der Waals surface area (Å²) in [6.07, 6.45) is 1.95. The Morgan fingerprint density at radius 3 is 2.47 bits per heavy atom. The molecule has 0 heterocycles. The Hall–Kier alpha value is -1.63. The average molecular weight is 274 g/mol. The van der Waals surface area contributed by atoms with Crippen LogP contribution in [0.25, 0.3) is 0 Å². The highest BCUT2D eigenvalue weighted by atomic mass is 16.5. The molecular formula is C12H22N2O5. The van der Waals surface area contributed by atoms with Crippen LogP contribution in [0, 0.1) is 0 Å². The van der Waals surface area contributed by atoms with Crippen LogP contribution in [0.4, 0.5) is 0 Å². The van der Waals surface area contributed by atoms with Crippen LogP contribution in [-0.2, 0) is 19.1 Å². The second kappa shape index (κ2) is 9.32. The maximum Gasteiger partial charge on any atom is 0.326 e. The Morgan fingerprint density at radius 1 is 1.37 bits per heavy atom. The summed E-state index contributed by atoms with van der Waals surface area (Å²) in [7, 11) is 2.85. The lowest BCUT2D eigenvalue weighted by Crippen LogP contribution is -2.46. The number of methoxy groups -OCH3 is 1. The number of carboxylic acids is 1. The van der Waals surface area contributed by atoms with Crippen molar-refractivity contribution in [2.45, 2.75) is 32.2 Å². The van der Waals surface area contributed by atoms with E-state index in [0.717, 1.165) is 12.8 Å². The van der Waals surface area contributed by atoms with Gasteiger partial charge >= 0.3 is 5.97 Å². The van der Waals surface area contributed by atoms with Crippen LogP contribution >= 0.6 is 0 Å². The van der Waals surface area contributed by atoms with Gasteiger partial charge in [0.2, 0.25) is 11.8 Å². The van der Waals surface area contributed by atoms with E-state index in [1.165, 1.54) is 19.1 Å². The summed E-state index contributed by atoms with van der Waals surface area (Å²) in [5.74, 6) is -1.89. The summed E-state index contributed by atoms with van der Waals surface area (Å²) in [6.45, 7) is 1.65. The zero-order chi connectivity index (χ0) is 14.8. The van der Waals surface area contributed by atoms with Gasteiger partial charge in [0.25, 0.3) is 0 Å². The predicted molar refractivity (Wildman–Crippen MR) is 68.6 cm³/mol. The fourth-order valence-electron chi connectivity index (χ4n) is 1.44. The van der Waals surface area contributed by atoms with E-state index in [-0.39, 0.29) is 19.1 Å². The first-order valence-corrected chi connectivity index (χ1v) is 6.17. The standard InChI is InChI=1S/C12H22N2O5/c1-4-5-6-9(12(17)18)13-10(15)7-14(2)11(16)8-19-3/h9H,4-8H2,1-3H3,(H,13,15)(H,17,18). The summed E-state index contributed by atoms with van der Waals surface area (Å²) in [4.78, 5) is 35.1.